The molecular weight excluding hydrogens is 494 g/mol. The Morgan fingerprint density at radius 2 is 1.71 bits per heavy atom. The summed E-state index contributed by atoms with van der Waals surface area (Å²) in [5, 5.41) is 12.1. The van der Waals surface area contributed by atoms with Crippen molar-refractivity contribution in [2.45, 2.75) is 37.1 Å². The number of ether oxygens (including phenoxy) is 1. The number of likely N-dealkylation sites (N-methyl/N-ethyl adjacent to an activating group) is 1. The highest BCUT2D eigenvalue weighted by molar-refractivity contribution is 6.30. The van der Waals surface area contributed by atoms with Gasteiger partial charge in [0.15, 0.2) is 11.5 Å². The first-order valence-corrected chi connectivity index (χ1v) is 13.7. The van der Waals surface area contributed by atoms with Gasteiger partial charge in [0.05, 0.1) is 29.9 Å². The van der Waals surface area contributed by atoms with Crippen LogP contribution in [0, 0.1) is 5.92 Å². The van der Waals surface area contributed by atoms with Gasteiger partial charge in [-0.1, -0.05) is 60.1 Å². The summed E-state index contributed by atoms with van der Waals surface area (Å²) in [7, 11) is 3.86. The van der Waals surface area contributed by atoms with E-state index in [4.69, 9.17) is 26.3 Å². The number of phenolic OH excluding ortho intramolecular Hbond substituents is 1. The maximum Gasteiger partial charge on any atom is 0.161 e. The zero-order chi connectivity index (χ0) is 26.0. The number of rotatable bonds is 3. The normalized spacial score (nSPS) is 23.8. The Bertz CT molecular complexity index is 1560. The molecule has 192 valence electrons. The second-order valence-corrected chi connectivity index (χ2v) is 11.4. The number of nitrogens with zero attached hydrogens (tertiary/aromatic N) is 3. The van der Waals surface area contributed by atoms with Crippen LogP contribution in [0.3, 0.4) is 0 Å². The van der Waals surface area contributed by atoms with Crippen LogP contribution in [-0.2, 0) is 24.7 Å². The van der Waals surface area contributed by atoms with Gasteiger partial charge in [-0.25, -0.2) is 9.97 Å². The molecule has 5 nitrogen and oxygen atoms in total. The molecule has 0 spiro atoms. The molecule has 3 aromatic carbocycles. The molecule has 0 amide bonds. The Kier molecular flexibility index (Phi) is 5.50. The van der Waals surface area contributed by atoms with E-state index in [1.165, 1.54) is 5.56 Å². The van der Waals surface area contributed by atoms with Crippen molar-refractivity contribution in [2.24, 2.45) is 5.92 Å². The number of fused-ring (bicyclic) bond motifs is 2. The number of halogens is 1. The Morgan fingerprint density at radius 1 is 0.947 bits per heavy atom. The van der Waals surface area contributed by atoms with E-state index in [0.717, 1.165) is 71.7 Å². The summed E-state index contributed by atoms with van der Waals surface area (Å²) >= 11 is 6.41. The molecule has 1 aromatic heterocycles. The van der Waals surface area contributed by atoms with E-state index < -0.39 is 0 Å². The Hall–Kier alpha value is -3.41. The maximum atomic E-state index is 11.5. The number of phenols is 1. The molecule has 1 saturated heterocycles. The standard InChI is InChI=1S/C32H30ClN3O2/c1-36-14-13-32-18-25-24(17-23(32)26(36)16-20-11-12-27(38-2)31(37)28(20)32)34-30(21-9-6-10-22(33)15-21)29(35-25)19-7-4-3-5-8-19/h3-12,15,23,26,37H,13-14,16-18H2,1-2H3/t23-,26+,32-/m1/s1. The predicted molar refractivity (Wildman–Crippen MR) is 150 cm³/mol. The van der Waals surface area contributed by atoms with Gasteiger partial charge in [0.25, 0.3) is 0 Å². The van der Waals surface area contributed by atoms with Crippen molar-refractivity contribution in [3.05, 3.63) is 94.3 Å². The Labute approximate surface area is 228 Å². The van der Waals surface area contributed by atoms with E-state index in [0.29, 0.717) is 28.5 Å². The van der Waals surface area contributed by atoms with Gasteiger partial charge in [0.2, 0.25) is 0 Å². The molecular formula is C32H30ClN3O2. The molecule has 1 N–H and O–H groups in total. The van der Waals surface area contributed by atoms with Crippen LogP contribution in [0.4, 0.5) is 0 Å². The van der Waals surface area contributed by atoms with Crippen LogP contribution >= 0.6 is 11.6 Å². The SMILES string of the molecule is COc1ccc2c(c1O)[C@@]13CCN(C)[C@@H](C2)[C@H]1Cc1nc(-c2cccc(Cl)c2)c(-c2ccccc2)nc1C3. The molecule has 2 aliphatic carbocycles. The lowest BCUT2D eigenvalue weighted by molar-refractivity contribution is 0.0210. The van der Waals surface area contributed by atoms with Gasteiger partial charge < -0.3 is 14.7 Å². The molecule has 6 heteroatoms. The van der Waals surface area contributed by atoms with Crippen molar-refractivity contribution in [3.8, 4) is 34.0 Å². The van der Waals surface area contributed by atoms with Crippen molar-refractivity contribution >= 4 is 11.6 Å². The van der Waals surface area contributed by atoms with Crippen molar-refractivity contribution in [2.75, 3.05) is 20.7 Å². The molecule has 0 unspecified atom stereocenters. The predicted octanol–water partition coefficient (Wildman–Crippen LogP) is 6.09. The quantitative estimate of drug-likeness (QED) is 0.352. The second-order valence-electron chi connectivity index (χ2n) is 11.0. The van der Waals surface area contributed by atoms with Gasteiger partial charge in [-0.3, -0.25) is 0 Å². The Morgan fingerprint density at radius 3 is 2.50 bits per heavy atom. The summed E-state index contributed by atoms with van der Waals surface area (Å²) < 4.78 is 5.57. The summed E-state index contributed by atoms with van der Waals surface area (Å²) in [6.07, 6.45) is 3.47. The van der Waals surface area contributed by atoms with Gasteiger partial charge in [0, 0.05) is 39.6 Å². The summed E-state index contributed by atoms with van der Waals surface area (Å²) in [5.74, 6) is 1.18. The number of aromatic nitrogens is 2. The van der Waals surface area contributed by atoms with Crippen LogP contribution in [0.15, 0.2) is 66.7 Å². The zero-order valence-corrected chi connectivity index (χ0v) is 22.4. The molecule has 0 radical (unpaired) electrons. The van der Waals surface area contributed by atoms with Crippen LogP contribution in [0.25, 0.3) is 22.5 Å². The largest absolute Gasteiger partial charge is 0.504 e. The molecule has 4 aromatic rings. The fourth-order valence-electron chi connectivity index (χ4n) is 7.33. The maximum absolute atomic E-state index is 11.5. The average molecular weight is 524 g/mol. The minimum atomic E-state index is -0.198. The van der Waals surface area contributed by atoms with E-state index in [1.807, 2.05) is 42.5 Å². The van der Waals surface area contributed by atoms with Gasteiger partial charge in [0.1, 0.15) is 0 Å². The lowest BCUT2D eigenvalue weighted by atomic mass is 9.52. The molecule has 2 heterocycles. The molecule has 7 rings (SSSR count). The highest BCUT2D eigenvalue weighted by atomic mass is 35.5. The number of hydrogen-bond acceptors (Lipinski definition) is 5. The molecule has 1 fully saturated rings. The lowest BCUT2D eigenvalue weighted by Crippen LogP contribution is -2.61. The third kappa shape index (κ3) is 3.49. The highest BCUT2D eigenvalue weighted by Crippen LogP contribution is 2.57. The number of methoxy groups -OCH3 is 1. The van der Waals surface area contributed by atoms with Crippen LogP contribution < -0.4 is 4.74 Å². The third-order valence-electron chi connectivity index (χ3n) is 9.12. The van der Waals surface area contributed by atoms with E-state index in [9.17, 15) is 5.11 Å². The Balaban J connectivity index is 1.45. The van der Waals surface area contributed by atoms with Crippen molar-refractivity contribution in [3.63, 3.8) is 0 Å². The monoisotopic (exact) mass is 523 g/mol. The summed E-state index contributed by atoms with van der Waals surface area (Å²) in [6.45, 7) is 0.992. The summed E-state index contributed by atoms with van der Waals surface area (Å²) in [4.78, 5) is 13.2. The molecule has 3 aliphatic rings. The van der Waals surface area contributed by atoms with Gasteiger partial charge in [-0.05, 0) is 62.5 Å². The van der Waals surface area contributed by atoms with Crippen molar-refractivity contribution < 1.29 is 9.84 Å². The van der Waals surface area contributed by atoms with E-state index >= 15 is 0 Å². The van der Waals surface area contributed by atoms with Gasteiger partial charge >= 0.3 is 0 Å². The average Bonchev–Trinajstić information content (AvgIpc) is 2.93. The first-order chi connectivity index (χ1) is 18.5. The number of piperidine rings is 1. The number of aromatic hydroxyl groups is 1. The molecule has 1 aliphatic heterocycles. The minimum Gasteiger partial charge on any atom is -0.504 e. The molecule has 2 bridgehead atoms. The minimum absolute atomic E-state index is 0.198. The van der Waals surface area contributed by atoms with Crippen molar-refractivity contribution in [1.29, 1.82) is 0 Å². The first-order valence-electron chi connectivity index (χ1n) is 13.3. The van der Waals surface area contributed by atoms with Gasteiger partial charge in [-0.2, -0.15) is 0 Å². The van der Waals surface area contributed by atoms with Crippen molar-refractivity contribution in [1.82, 2.24) is 14.9 Å². The van der Waals surface area contributed by atoms with E-state index in [1.54, 1.807) is 7.11 Å². The first kappa shape index (κ1) is 23.7. The fourth-order valence-corrected chi connectivity index (χ4v) is 7.52. The van der Waals surface area contributed by atoms with Gasteiger partial charge in [-0.15, -0.1) is 0 Å². The van der Waals surface area contributed by atoms with Crippen LogP contribution in [0.1, 0.15) is 28.9 Å². The smallest absolute Gasteiger partial charge is 0.161 e. The van der Waals surface area contributed by atoms with E-state index in [-0.39, 0.29) is 5.41 Å². The van der Waals surface area contributed by atoms with Crippen LogP contribution in [0.5, 0.6) is 11.5 Å². The molecule has 0 saturated carbocycles. The fraction of sp³-hybridized carbons (Fsp3) is 0.312. The number of hydrogen-bond donors (Lipinski definition) is 1. The zero-order valence-electron chi connectivity index (χ0n) is 21.6. The van der Waals surface area contributed by atoms with Crippen LogP contribution in [-0.4, -0.2) is 46.7 Å². The lowest BCUT2D eigenvalue weighted by Gasteiger charge is -2.58. The second kappa shape index (κ2) is 8.82. The summed E-state index contributed by atoms with van der Waals surface area (Å²) in [6, 6.07) is 22.6. The molecule has 3 atom stereocenters. The highest BCUT2D eigenvalue weighted by Gasteiger charge is 2.56. The number of likely N-dealkylation sites (tertiary alicyclic amines) is 1. The van der Waals surface area contributed by atoms with Crippen LogP contribution in [0.2, 0.25) is 5.02 Å². The molecule has 38 heavy (non-hydrogen) atoms. The number of benzene rings is 3. The third-order valence-corrected chi connectivity index (χ3v) is 9.35. The topological polar surface area (TPSA) is 58.5 Å². The summed E-state index contributed by atoms with van der Waals surface area (Å²) in [5.41, 5.74) is 7.94. The van der Waals surface area contributed by atoms with E-state index in [2.05, 4.69) is 36.2 Å².